The first-order chi connectivity index (χ1) is 6.74. The third-order valence-electron chi connectivity index (χ3n) is 2.88. The van der Waals surface area contributed by atoms with Gasteiger partial charge in [-0.05, 0) is 30.9 Å². The zero-order chi connectivity index (χ0) is 10.6. The van der Waals surface area contributed by atoms with Gasteiger partial charge in [-0.15, -0.1) is 0 Å². The lowest BCUT2D eigenvalue weighted by Crippen LogP contribution is -1.91. The first kappa shape index (κ1) is 11.4. The molecule has 0 unspecified atom stereocenters. The van der Waals surface area contributed by atoms with Crippen LogP contribution in [0, 0.1) is 6.92 Å². The van der Waals surface area contributed by atoms with E-state index < -0.39 is 0 Å². The average molecular weight is 194 g/mol. The second-order valence-electron chi connectivity index (χ2n) is 3.86. The molecule has 0 saturated carbocycles. The predicted molar refractivity (Wildman–Crippen MR) is 60.8 cm³/mol. The van der Waals surface area contributed by atoms with Crippen LogP contribution >= 0.6 is 0 Å². The molecule has 0 fully saturated rings. The monoisotopic (exact) mass is 194 g/mol. The summed E-state index contributed by atoms with van der Waals surface area (Å²) >= 11 is 0. The molecule has 0 aliphatic carbocycles. The van der Waals surface area contributed by atoms with Crippen LogP contribution in [0.25, 0.3) is 0 Å². The molecule has 0 radical (unpaired) electrons. The summed E-state index contributed by atoms with van der Waals surface area (Å²) in [5.74, 6) is 2.40. The second-order valence-corrected chi connectivity index (χ2v) is 3.86. The van der Waals surface area contributed by atoms with Crippen molar-refractivity contribution in [3.05, 3.63) is 22.6 Å². The summed E-state index contributed by atoms with van der Waals surface area (Å²) < 4.78 is 5.84. The molecule has 1 rings (SSSR count). The van der Waals surface area contributed by atoms with Gasteiger partial charge < -0.3 is 4.42 Å². The summed E-state index contributed by atoms with van der Waals surface area (Å²) in [6, 6.07) is 0. The minimum atomic E-state index is 1.02. The van der Waals surface area contributed by atoms with E-state index in [4.69, 9.17) is 4.42 Å². The summed E-state index contributed by atoms with van der Waals surface area (Å²) in [4.78, 5) is 0. The number of rotatable bonds is 5. The van der Waals surface area contributed by atoms with Gasteiger partial charge in [0.05, 0.1) is 0 Å². The van der Waals surface area contributed by atoms with Crippen molar-refractivity contribution in [1.82, 2.24) is 0 Å². The Hall–Kier alpha value is -0.720. The van der Waals surface area contributed by atoms with E-state index in [9.17, 15) is 0 Å². The maximum Gasteiger partial charge on any atom is 0.107 e. The normalized spacial score (nSPS) is 10.9. The Labute approximate surface area is 87.5 Å². The fourth-order valence-corrected chi connectivity index (χ4v) is 1.97. The van der Waals surface area contributed by atoms with Crippen LogP contribution in [-0.2, 0) is 19.3 Å². The standard InChI is InChI=1S/C13H22O/c1-5-8-9-11-10(4)12(6-2)14-13(11)7-3/h5-9H2,1-4H3. The summed E-state index contributed by atoms with van der Waals surface area (Å²) in [7, 11) is 0. The van der Waals surface area contributed by atoms with Gasteiger partial charge in [0.2, 0.25) is 0 Å². The molecule has 1 aromatic rings. The zero-order valence-electron chi connectivity index (χ0n) is 9.94. The minimum absolute atomic E-state index is 1.02. The summed E-state index contributed by atoms with van der Waals surface area (Å²) in [6.45, 7) is 8.77. The lowest BCUT2D eigenvalue weighted by atomic mass is 10.0. The second kappa shape index (κ2) is 5.23. The number of unbranched alkanes of at least 4 members (excludes halogenated alkanes) is 1. The van der Waals surface area contributed by atoms with Gasteiger partial charge >= 0.3 is 0 Å². The molecule has 0 spiro atoms. The van der Waals surface area contributed by atoms with Crippen LogP contribution in [0.2, 0.25) is 0 Å². The molecule has 1 nitrogen and oxygen atoms in total. The van der Waals surface area contributed by atoms with Crippen LogP contribution < -0.4 is 0 Å². The maximum absolute atomic E-state index is 5.84. The Balaban J connectivity index is 2.92. The molecule has 1 aromatic heterocycles. The molecule has 0 amide bonds. The van der Waals surface area contributed by atoms with Gasteiger partial charge in [-0.25, -0.2) is 0 Å². The Morgan fingerprint density at radius 1 is 1.00 bits per heavy atom. The van der Waals surface area contributed by atoms with E-state index in [-0.39, 0.29) is 0 Å². The van der Waals surface area contributed by atoms with Crippen LogP contribution in [0.3, 0.4) is 0 Å². The van der Waals surface area contributed by atoms with Crippen molar-refractivity contribution in [2.45, 2.75) is 59.8 Å². The lowest BCUT2D eigenvalue weighted by Gasteiger charge is -2.00. The highest BCUT2D eigenvalue weighted by molar-refractivity contribution is 5.32. The van der Waals surface area contributed by atoms with Gasteiger partial charge in [0.25, 0.3) is 0 Å². The van der Waals surface area contributed by atoms with Gasteiger partial charge in [0.15, 0.2) is 0 Å². The maximum atomic E-state index is 5.84. The number of hydrogen-bond donors (Lipinski definition) is 0. The van der Waals surface area contributed by atoms with Crippen LogP contribution in [0.4, 0.5) is 0 Å². The zero-order valence-corrected chi connectivity index (χ0v) is 9.94. The Morgan fingerprint density at radius 2 is 1.64 bits per heavy atom. The highest BCUT2D eigenvalue weighted by Crippen LogP contribution is 2.24. The fourth-order valence-electron chi connectivity index (χ4n) is 1.97. The van der Waals surface area contributed by atoms with Crippen molar-refractivity contribution in [2.75, 3.05) is 0 Å². The first-order valence-electron chi connectivity index (χ1n) is 5.84. The van der Waals surface area contributed by atoms with Crippen LogP contribution in [0.1, 0.15) is 56.3 Å². The molecule has 14 heavy (non-hydrogen) atoms. The molecular formula is C13H22O. The third-order valence-corrected chi connectivity index (χ3v) is 2.88. The molecule has 0 aliphatic rings. The van der Waals surface area contributed by atoms with Gasteiger partial charge in [0.1, 0.15) is 11.5 Å². The first-order valence-corrected chi connectivity index (χ1v) is 5.84. The largest absolute Gasteiger partial charge is 0.466 e. The number of aryl methyl sites for hydroxylation is 2. The Bertz CT molecular complexity index is 284. The fraction of sp³-hybridized carbons (Fsp3) is 0.692. The SMILES string of the molecule is CCCCc1c(CC)oc(CC)c1C. The third kappa shape index (κ3) is 2.20. The van der Waals surface area contributed by atoms with Crippen molar-refractivity contribution in [3.63, 3.8) is 0 Å². The molecule has 0 aromatic carbocycles. The van der Waals surface area contributed by atoms with Crippen LogP contribution in [-0.4, -0.2) is 0 Å². The molecule has 1 heterocycles. The van der Waals surface area contributed by atoms with E-state index in [0.717, 1.165) is 12.8 Å². The predicted octanol–water partition coefficient (Wildman–Crippen LogP) is 4.06. The highest BCUT2D eigenvalue weighted by Gasteiger charge is 2.13. The molecule has 0 N–H and O–H groups in total. The minimum Gasteiger partial charge on any atom is -0.466 e. The van der Waals surface area contributed by atoms with Gasteiger partial charge in [-0.2, -0.15) is 0 Å². The lowest BCUT2D eigenvalue weighted by molar-refractivity contribution is 0.469. The van der Waals surface area contributed by atoms with E-state index in [0.29, 0.717) is 0 Å². The highest BCUT2D eigenvalue weighted by atomic mass is 16.3. The van der Waals surface area contributed by atoms with E-state index in [1.807, 2.05) is 0 Å². The van der Waals surface area contributed by atoms with Gasteiger partial charge in [-0.3, -0.25) is 0 Å². The van der Waals surface area contributed by atoms with Crippen molar-refractivity contribution < 1.29 is 4.42 Å². The van der Waals surface area contributed by atoms with E-state index in [1.165, 1.54) is 41.9 Å². The van der Waals surface area contributed by atoms with E-state index >= 15 is 0 Å². The topological polar surface area (TPSA) is 13.1 Å². The average Bonchev–Trinajstić information content (AvgIpc) is 2.52. The molecule has 0 atom stereocenters. The Kier molecular flexibility index (Phi) is 4.24. The quantitative estimate of drug-likeness (QED) is 0.689. The summed E-state index contributed by atoms with van der Waals surface area (Å²) in [5, 5.41) is 0. The molecule has 1 heteroatoms. The summed E-state index contributed by atoms with van der Waals surface area (Å²) in [5.41, 5.74) is 2.88. The van der Waals surface area contributed by atoms with Crippen LogP contribution in [0.15, 0.2) is 4.42 Å². The molecule has 80 valence electrons. The smallest absolute Gasteiger partial charge is 0.107 e. The van der Waals surface area contributed by atoms with Crippen molar-refractivity contribution in [2.24, 2.45) is 0 Å². The molecule has 0 saturated heterocycles. The van der Waals surface area contributed by atoms with Crippen LogP contribution in [0.5, 0.6) is 0 Å². The van der Waals surface area contributed by atoms with E-state index in [2.05, 4.69) is 27.7 Å². The molecule has 0 bridgehead atoms. The van der Waals surface area contributed by atoms with Gasteiger partial charge in [-0.1, -0.05) is 27.2 Å². The van der Waals surface area contributed by atoms with E-state index in [1.54, 1.807) is 0 Å². The molecule has 0 aliphatic heterocycles. The van der Waals surface area contributed by atoms with Crippen molar-refractivity contribution in [1.29, 1.82) is 0 Å². The number of furan rings is 1. The number of hydrogen-bond acceptors (Lipinski definition) is 1. The van der Waals surface area contributed by atoms with Crippen molar-refractivity contribution in [3.8, 4) is 0 Å². The van der Waals surface area contributed by atoms with Gasteiger partial charge in [0, 0.05) is 12.8 Å². The Morgan fingerprint density at radius 3 is 2.14 bits per heavy atom. The van der Waals surface area contributed by atoms with Crippen molar-refractivity contribution >= 4 is 0 Å². The molecular weight excluding hydrogens is 172 g/mol. The summed E-state index contributed by atoms with van der Waals surface area (Å²) in [6.07, 6.45) is 5.77.